The van der Waals surface area contributed by atoms with Gasteiger partial charge in [-0.05, 0) is 61.2 Å². The summed E-state index contributed by atoms with van der Waals surface area (Å²) in [5.41, 5.74) is 2.94. The zero-order valence-corrected chi connectivity index (χ0v) is 26.9. The van der Waals surface area contributed by atoms with Crippen molar-refractivity contribution in [1.82, 2.24) is 10.2 Å². The van der Waals surface area contributed by atoms with E-state index in [1.165, 1.54) is 17.0 Å². The van der Waals surface area contributed by atoms with Gasteiger partial charge in [0.25, 0.3) is 10.0 Å². The quantitative estimate of drug-likeness (QED) is 0.181. The number of benzene rings is 4. The van der Waals surface area contributed by atoms with E-state index in [0.717, 1.165) is 27.4 Å². The van der Waals surface area contributed by atoms with E-state index >= 15 is 0 Å². The molecule has 9 heteroatoms. The van der Waals surface area contributed by atoms with Gasteiger partial charge in [0.2, 0.25) is 11.8 Å². The minimum absolute atomic E-state index is 0.0380. The number of ether oxygens (including phenoxy) is 1. The van der Waals surface area contributed by atoms with Gasteiger partial charge in [0.1, 0.15) is 18.3 Å². The number of carbonyl (C=O) groups excluding carboxylic acids is 2. The first-order chi connectivity index (χ1) is 21.8. The zero-order chi connectivity index (χ0) is 32.2. The molecule has 4 rings (SSSR count). The number of hydrogen-bond donors (Lipinski definition) is 1. The van der Waals surface area contributed by atoms with Crippen molar-refractivity contribution in [2.24, 2.45) is 0 Å². The first-order valence-electron chi connectivity index (χ1n) is 15.2. The highest BCUT2D eigenvalue weighted by Gasteiger charge is 2.35. The Labute approximate surface area is 266 Å². The molecule has 1 N–H and O–H groups in total. The van der Waals surface area contributed by atoms with E-state index in [2.05, 4.69) is 5.32 Å². The lowest BCUT2D eigenvalue weighted by atomic mass is 10.0. The topological polar surface area (TPSA) is 96.0 Å². The van der Waals surface area contributed by atoms with E-state index in [-0.39, 0.29) is 29.5 Å². The van der Waals surface area contributed by atoms with Crippen LogP contribution < -0.4 is 14.4 Å². The van der Waals surface area contributed by atoms with Gasteiger partial charge in [0.05, 0.1) is 17.2 Å². The molecule has 0 aliphatic rings. The lowest BCUT2D eigenvalue weighted by Gasteiger charge is -2.34. The van der Waals surface area contributed by atoms with E-state index < -0.39 is 28.5 Å². The van der Waals surface area contributed by atoms with E-state index in [1.54, 1.807) is 42.5 Å². The summed E-state index contributed by atoms with van der Waals surface area (Å²) >= 11 is 0. The monoisotopic (exact) mass is 627 g/mol. The third-order valence-corrected chi connectivity index (χ3v) is 9.24. The van der Waals surface area contributed by atoms with Gasteiger partial charge < -0.3 is 15.0 Å². The number of rotatable bonds is 15. The standard InChI is InChI=1S/C36H41N3O5S/c1-4-24-37-36(41)33(25-29-17-8-6-9-18-29)38(26-30-19-13-12-16-28(30)3)35(40)27-39(32-22-14-15-23-34(32)44-5-2)45(42,43)31-20-10-7-11-21-31/h6-23,33H,4-5,24-27H2,1-3H3,(H,37,41). The summed E-state index contributed by atoms with van der Waals surface area (Å²) in [5.74, 6) is -0.481. The summed E-state index contributed by atoms with van der Waals surface area (Å²) in [4.78, 5) is 29.9. The number of hydrogen-bond acceptors (Lipinski definition) is 5. The minimum atomic E-state index is -4.22. The molecule has 0 fully saturated rings. The second-order valence-electron chi connectivity index (χ2n) is 10.7. The van der Waals surface area contributed by atoms with Crippen LogP contribution in [0.3, 0.4) is 0 Å². The van der Waals surface area contributed by atoms with E-state index in [1.807, 2.05) is 75.4 Å². The van der Waals surface area contributed by atoms with Crippen molar-refractivity contribution in [2.45, 2.75) is 51.1 Å². The van der Waals surface area contributed by atoms with Gasteiger partial charge in [0.15, 0.2) is 0 Å². The Kier molecular flexibility index (Phi) is 11.8. The van der Waals surface area contributed by atoms with Crippen molar-refractivity contribution < 1.29 is 22.7 Å². The van der Waals surface area contributed by atoms with Gasteiger partial charge in [-0.1, -0.05) is 91.9 Å². The van der Waals surface area contributed by atoms with Crippen LogP contribution in [-0.2, 0) is 32.6 Å². The predicted molar refractivity (Wildman–Crippen MR) is 178 cm³/mol. The Morgan fingerprint density at radius 2 is 1.44 bits per heavy atom. The lowest BCUT2D eigenvalue weighted by molar-refractivity contribution is -0.140. The highest BCUT2D eigenvalue weighted by Crippen LogP contribution is 2.33. The molecular formula is C36H41N3O5S. The van der Waals surface area contributed by atoms with Gasteiger partial charge in [-0.2, -0.15) is 0 Å². The van der Waals surface area contributed by atoms with Gasteiger partial charge in [-0.3, -0.25) is 13.9 Å². The average Bonchev–Trinajstić information content (AvgIpc) is 3.06. The normalized spacial score (nSPS) is 11.8. The highest BCUT2D eigenvalue weighted by molar-refractivity contribution is 7.92. The van der Waals surface area contributed by atoms with Gasteiger partial charge in [0, 0.05) is 19.5 Å². The Bertz CT molecular complexity index is 1660. The molecule has 2 amide bonds. The maximum absolute atomic E-state index is 14.6. The molecule has 0 radical (unpaired) electrons. The first-order valence-corrected chi connectivity index (χ1v) is 16.7. The maximum Gasteiger partial charge on any atom is 0.264 e. The molecule has 236 valence electrons. The predicted octanol–water partition coefficient (Wildman–Crippen LogP) is 5.76. The molecule has 1 unspecified atom stereocenters. The Hall–Kier alpha value is -4.63. The minimum Gasteiger partial charge on any atom is -0.492 e. The summed E-state index contributed by atoms with van der Waals surface area (Å²) in [5, 5.41) is 2.97. The molecule has 8 nitrogen and oxygen atoms in total. The summed E-state index contributed by atoms with van der Waals surface area (Å²) < 4.78 is 35.3. The van der Waals surface area contributed by atoms with Gasteiger partial charge in [-0.15, -0.1) is 0 Å². The number of nitrogens with zero attached hydrogens (tertiary/aromatic N) is 2. The van der Waals surface area contributed by atoms with Crippen LogP contribution >= 0.6 is 0 Å². The second-order valence-corrected chi connectivity index (χ2v) is 12.5. The van der Waals surface area contributed by atoms with Crippen molar-refractivity contribution in [1.29, 1.82) is 0 Å². The van der Waals surface area contributed by atoms with E-state index in [4.69, 9.17) is 4.74 Å². The van der Waals surface area contributed by atoms with Crippen molar-refractivity contribution in [2.75, 3.05) is 24.0 Å². The molecule has 1 atom stereocenters. The van der Waals surface area contributed by atoms with Crippen LogP contribution in [0.5, 0.6) is 5.75 Å². The number of para-hydroxylation sites is 2. The average molecular weight is 628 g/mol. The fourth-order valence-corrected chi connectivity index (χ4v) is 6.51. The van der Waals surface area contributed by atoms with Crippen LogP contribution in [0.4, 0.5) is 5.69 Å². The molecule has 0 saturated heterocycles. The SMILES string of the molecule is CCCNC(=O)C(Cc1ccccc1)N(Cc1ccccc1C)C(=O)CN(c1ccccc1OCC)S(=O)(=O)c1ccccc1. The number of sulfonamides is 1. The molecule has 4 aromatic carbocycles. The third kappa shape index (κ3) is 8.51. The fraction of sp³-hybridized carbons (Fsp3) is 0.278. The van der Waals surface area contributed by atoms with Crippen molar-refractivity contribution in [3.05, 3.63) is 126 Å². The maximum atomic E-state index is 14.6. The molecule has 0 saturated carbocycles. The van der Waals surface area contributed by atoms with Crippen LogP contribution in [0.1, 0.15) is 37.0 Å². The molecule has 0 aromatic heterocycles. The van der Waals surface area contributed by atoms with Gasteiger partial charge >= 0.3 is 0 Å². The molecule has 0 aliphatic heterocycles. The third-order valence-electron chi connectivity index (χ3n) is 7.47. The van der Waals surface area contributed by atoms with Crippen molar-refractivity contribution in [3.8, 4) is 5.75 Å². The zero-order valence-electron chi connectivity index (χ0n) is 26.1. The highest BCUT2D eigenvalue weighted by atomic mass is 32.2. The van der Waals surface area contributed by atoms with E-state index in [0.29, 0.717) is 18.9 Å². The van der Waals surface area contributed by atoms with Crippen LogP contribution in [0.2, 0.25) is 0 Å². The number of amides is 2. The van der Waals surface area contributed by atoms with E-state index in [9.17, 15) is 18.0 Å². The van der Waals surface area contributed by atoms with Crippen LogP contribution in [-0.4, -0.2) is 50.9 Å². The first kappa shape index (κ1) is 33.3. The molecule has 45 heavy (non-hydrogen) atoms. The Morgan fingerprint density at radius 1 is 0.822 bits per heavy atom. The summed E-state index contributed by atoms with van der Waals surface area (Å²) in [6.45, 7) is 6.06. The van der Waals surface area contributed by atoms with Crippen LogP contribution in [0, 0.1) is 6.92 Å². The summed E-state index contributed by atoms with van der Waals surface area (Å²) in [6, 6.07) is 31.1. The number of carbonyl (C=O) groups is 2. The lowest BCUT2D eigenvalue weighted by Crippen LogP contribution is -2.53. The van der Waals surface area contributed by atoms with Crippen LogP contribution in [0.25, 0.3) is 0 Å². The molecule has 0 aliphatic carbocycles. The summed E-state index contributed by atoms with van der Waals surface area (Å²) in [7, 11) is -4.22. The molecule has 0 spiro atoms. The number of nitrogens with one attached hydrogen (secondary N) is 1. The van der Waals surface area contributed by atoms with Gasteiger partial charge in [-0.25, -0.2) is 8.42 Å². The molecule has 0 heterocycles. The van der Waals surface area contributed by atoms with Crippen molar-refractivity contribution in [3.63, 3.8) is 0 Å². The smallest absolute Gasteiger partial charge is 0.264 e. The molecular weight excluding hydrogens is 586 g/mol. The molecule has 0 bridgehead atoms. The largest absolute Gasteiger partial charge is 0.492 e. The molecule has 4 aromatic rings. The van der Waals surface area contributed by atoms with Crippen molar-refractivity contribution >= 4 is 27.5 Å². The number of anilines is 1. The van der Waals surface area contributed by atoms with Crippen LogP contribution in [0.15, 0.2) is 114 Å². The second kappa shape index (κ2) is 15.9. The fourth-order valence-electron chi connectivity index (χ4n) is 5.06. The Morgan fingerprint density at radius 3 is 2.11 bits per heavy atom. The number of aryl methyl sites for hydroxylation is 1. The Balaban J connectivity index is 1.83. The summed E-state index contributed by atoms with van der Waals surface area (Å²) in [6.07, 6.45) is 0.988.